The Balaban J connectivity index is 2.41. The summed E-state index contributed by atoms with van der Waals surface area (Å²) in [6.45, 7) is 20.0. The number of carbonyl (C=O) groups is 4. The van der Waals surface area contributed by atoms with Crippen LogP contribution >= 0.6 is 0 Å². The van der Waals surface area contributed by atoms with Gasteiger partial charge in [-0.1, -0.05) is 26.0 Å². The fourth-order valence-electron chi connectivity index (χ4n) is 3.97. The van der Waals surface area contributed by atoms with E-state index in [1.54, 1.807) is 26.0 Å². The highest BCUT2D eigenvalue weighted by Gasteiger charge is 2.26. The highest BCUT2D eigenvalue weighted by atomic mass is 16.5. The maximum absolute atomic E-state index is 12.6. The summed E-state index contributed by atoms with van der Waals surface area (Å²) in [6, 6.07) is 5.71. The van der Waals surface area contributed by atoms with Crippen molar-refractivity contribution in [1.29, 1.82) is 0 Å². The van der Waals surface area contributed by atoms with E-state index in [9.17, 15) is 19.2 Å². The number of hydrogen-bond donors (Lipinski definition) is 4. The Kier molecular flexibility index (Phi) is 15.9. The van der Waals surface area contributed by atoms with Gasteiger partial charge in [-0.15, -0.1) is 0 Å². The minimum atomic E-state index is -0.813. The summed E-state index contributed by atoms with van der Waals surface area (Å²) >= 11 is 0. The van der Waals surface area contributed by atoms with Gasteiger partial charge in [0.25, 0.3) is 0 Å². The molecule has 4 N–H and O–H groups in total. The molecule has 0 fully saturated rings. The number of carbonyl (C=O) groups excluding carboxylic acids is 4. The van der Waals surface area contributed by atoms with E-state index in [0.29, 0.717) is 44.1 Å². The molecule has 1 rings (SSSR count). The van der Waals surface area contributed by atoms with Crippen molar-refractivity contribution in [3.8, 4) is 0 Å². The molecule has 0 saturated carbocycles. The predicted molar refractivity (Wildman–Crippen MR) is 170 cm³/mol. The topological polar surface area (TPSA) is 135 Å². The molecule has 10 heteroatoms. The standard InChI is InChI=1S/C33H56N4O6/c1-22(2)11-16-29(39)37-32(7,8)19-20-43-33(9,10)18-17-28(38)34-24(5)30(40)35-25(6)31(41)36-27-14-12-26(13-15-27)21-42-23(3)4/h12-15,22-25H,11,16-21H2,1-10H3,(H,34,38)(H,35,40)(H,36,41)(H,37,39)/t24-,25?/m0/s1. The zero-order valence-corrected chi connectivity index (χ0v) is 28.0. The van der Waals surface area contributed by atoms with Gasteiger partial charge in [0.2, 0.25) is 23.6 Å². The van der Waals surface area contributed by atoms with E-state index in [0.717, 1.165) is 12.0 Å². The molecule has 0 heterocycles. The summed E-state index contributed by atoms with van der Waals surface area (Å²) in [7, 11) is 0. The third-order valence-electron chi connectivity index (χ3n) is 6.93. The normalized spacial score (nSPS) is 13.4. The molecular weight excluding hydrogens is 548 g/mol. The second-order valence-corrected chi connectivity index (χ2v) is 13.3. The average Bonchev–Trinajstić information content (AvgIpc) is 2.89. The third kappa shape index (κ3) is 17.0. The predicted octanol–water partition coefficient (Wildman–Crippen LogP) is 4.86. The summed E-state index contributed by atoms with van der Waals surface area (Å²) in [6.07, 6.45) is 2.76. The zero-order chi connectivity index (χ0) is 32.8. The van der Waals surface area contributed by atoms with Gasteiger partial charge in [0.05, 0.1) is 18.3 Å². The van der Waals surface area contributed by atoms with E-state index in [1.165, 1.54) is 0 Å². The first-order valence-electron chi connectivity index (χ1n) is 15.4. The van der Waals surface area contributed by atoms with Gasteiger partial charge in [-0.25, -0.2) is 0 Å². The number of hydrogen-bond acceptors (Lipinski definition) is 6. The Hall–Kier alpha value is -2.98. The molecule has 0 aromatic heterocycles. The van der Waals surface area contributed by atoms with Crippen LogP contribution in [0.4, 0.5) is 5.69 Å². The quantitative estimate of drug-likeness (QED) is 0.178. The Labute approximate surface area is 258 Å². The van der Waals surface area contributed by atoms with E-state index < -0.39 is 29.1 Å². The Morgan fingerprint density at radius 3 is 1.95 bits per heavy atom. The summed E-state index contributed by atoms with van der Waals surface area (Å²) in [5.41, 5.74) is 0.647. The lowest BCUT2D eigenvalue weighted by atomic mass is 9.99. The molecule has 0 spiro atoms. The van der Waals surface area contributed by atoms with Crippen LogP contribution in [-0.2, 0) is 35.3 Å². The van der Waals surface area contributed by atoms with Crippen molar-refractivity contribution in [1.82, 2.24) is 16.0 Å². The number of anilines is 1. The molecule has 1 aromatic carbocycles. The summed E-state index contributed by atoms with van der Waals surface area (Å²) in [5.74, 6) is -0.579. The van der Waals surface area contributed by atoms with E-state index in [4.69, 9.17) is 9.47 Å². The summed E-state index contributed by atoms with van der Waals surface area (Å²) < 4.78 is 11.6. The van der Waals surface area contributed by atoms with Gasteiger partial charge in [-0.2, -0.15) is 0 Å². The van der Waals surface area contributed by atoms with Crippen LogP contribution in [0.2, 0.25) is 0 Å². The molecule has 1 aromatic rings. The molecule has 1 unspecified atom stereocenters. The number of nitrogens with one attached hydrogen (secondary N) is 4. The number of amides is 4. The van der Waals surface area contributed by atoms with Crippen LogP contribution in [0, 0.1) is 5.92 Å². The van der Waals surface area contributed by atoms with Crippen molar-refractivity contribution in [3.63, 3.8) is 0 Å². The Morgan fingerprint density at radius 1 is 0.767 bits per heavy atom. The molecule has 0 aliphatic rings. The fraction of sp³-hybridized carbons (Fsp3) is 0.697. The Bertz CT molecular complexity index is 1040. The van der Waals surface area contributed by atoms with Gasteiger partial charge in [0, 0.05) is 30.7 Å². The molecule has 43 heavy (non-hydrogen) atoms. The van der Waals surface area contributed by atoms with Crippen LogP contribution in [0.25, 0.3) is 0 Å². The summed E-state index contributed by atoms with van der Waals surface area (Å²) in [4.78, 5) is 50.0. The molecule has 0 saturated heterocycles. The van der Waals surface area contributed by atoms with E-state index >= 15 is 0 Å². The van der Waals surface area contributed by atoms with E-state index in [2.05, 4.69) is 35.1 Å². The van der Waals surface area contributed by atoms with Crippen LogP contribution in [0.3, 0.4) is 0 Å². The monoisotopic (exact) mass is 604 g/mol. The fourth-order valence-corrected chi connectivity index (χ4v) is 3.97. The molecule has 0 radical (unpaired) electrons. The van der Waals surface area contributed by atoms with Gasteiger partial charge in [0.15, 0.2) is 0 Å². The molecule has 2 atom stereocenters. The van der Waals surface area contributed by atoms with Crippen molar-refractivity contribution in [2.75, 3.05) is 11.9 Å². The maximum atomic E-state index is 12.6. The summed E-state index contributed by atoms with van der Waals surface area (Å²) in [5, 5.41) is 11.2. The van der Waals surface area contributed by atoms with Crippen molar-refractivity contribution in [2.24, 2.45) is 5.92 Å². The van der Waals surface area contributed by atoms with E-state index in [1.807, 2.05) is 53.7 Å². The van der Waals surface area contributed by atoms with Gasteiger partial charge < -0.3 is 30.7 Å². The lowest BCUT2D eigenvalue weighted by Crippen LogP contribution is -2.50. The van der Waals surface area contributed by atoms with Gasteiger partial charge in [-0.3, -0.25) is 19.2 Å². The molecule has 4 amide bonds. The van der Waals surface area contributed by atoms with Crippen LogP contribution in [0.5, 0.6) is 0 Å². The van der Waals surface area contributed by atoms with Crippen LogP contribution in [0.15, 0.2) is 24.3 Å². The van der Waals surface area contributed by atoms with E-state index in [-0.39, 0.29) is 30.2 Å². The first kappa shape index (κ1) is 38.0. The SMILES string of the molecule is CC(C)CCC(=O)NC(C)(C)CCOC(C)(C)CCC(=O)N[C@@H](C)C(=O)NC(C)C(=O)Nc1ccc(COC(C)C)cc1. The smallest absolute Gasteiger partial charge is 0.246 e. The van der Waals surface area contributed by atoms with Crippen LogP contribution in [-0.4, -0.2) is 59.6 Å². The highest BCUT2D eigenvalue weighted by Crippen LogP contribution is 2.19. The largest absolute Gasteiger partial charge is 0.375 e. The average molecular weight is 605 g/mol. The molecule has 10 nitrogen and oxygen atoms in total. The van der Waals surface area contributed by atoms with Crippen molar-refractivity contribution >= 4 is 29.3 Å². The third-order valence-corrected chi connectivity index (χ3v) is 6.93. The van der Waals surface area contributed by atoms with Gasteiger partial charge in [-0.05, 0) is 98.3 Å². The molecular formula is C33H56N4O6. The minimum Gasteiger partial charge on any atom is -0.375 e. The molecule has 0 aliphatic heterocycles. The molecule has 244 valence electrons. The minimum absolute atomic E-state index is 0.0425. The Morgan fingerprint density at radius 2 is 1.37 bits per heavy atom. The lowest BCUT2D eigenvalue weighted by Gasteiger charge is -2.30. The lowest BCUT2D eigenvalue weighted by molar-refractivity contribution is -0.131. The van der Waals surface area contributed by atoms with Crippen molar-refractivity contribution in [2.45, 2.75) is 137 Å². The first-order chi connectivity index (χ1) is 19.9. The first-order valence-corrected chi connectivity index (χ1v) is 15.4. The highest BCUT2D eigenvalue weighted by molar-refractivity contribution is 5.98. The van der Waals surface area contributed by atoms with Crippen LogP contribution < -0.4 is 21.3 Å². The number of benzene rings is 1. The second-order valence-electron chi connectivity index (χ2n) is 13.3. The number of ether oxygens (including phenoxy) is 2. The van der Waals surface area contributed by atoms with Crippen molar-refractivity contribution < 1.29 is 28.7 Å². The second kappa shape index (κ2) is 18.0. The van der Waals surface area contributed by atoms with Gasteiger partial charge >= 0.3 is 0 Å². The maximum Gasteiger partial charge on any atom is 0.246 e. The number of rotatable bonds is 19. The molecule has 0 bridgehead atoms. The molecule has 0 aliphatic carbocycles. The van der Waals surface area contributed by atoms with Crippen LogP contribution in [0.1, 0.15) is 107 Å². The van der Waals surface area contributed by atoms with Gasteiger partial charge in [0.1, 0.15) is 12.1 Å². The zero-order valence-electron chi connectivity index (χ0n) is 28.0. The van der Waals surface area contributed by atoms with Crippen molar-refractivity contribution in [3.05, 3.63) is 29.8 Å².